The molecular weight excluding hydrogens is 250 g/mol. The molecule has 3 nitrogen and oxygen atoms in total. The number of hydrogen-bond acceptors (Lipinski definition) is 5. The molecule has 5 heteroatoms. The summed E-state index contributed by atoms with van der Waals surface area (Å²) in [6.45, 7) is 4.42. The molecule has 0 amide bonds. The lowest BCUT2D eigenvalue weighted by atomic mass is 10.2. The molecule has 0 saturated carbocycles. The fourth-order valence-corrected chi connectivity index (χ4v) is 4.66. The topological polar surface area (TPSA) is 51.8 Å². The minimum atomic E-state index is 0.396. The van der Waals surface area contributed by atoms with Crippen LogP contribution in [0.25, 0.3) is 0 Å². The van der Waals surface area contributed by atoms with Crippen molar-refractivity contribution in [1.29, 1.82) is 0 Å². The van der Waals surface area contributed by atoms with Gasteiger partial charge < -0.3 is 5.73 Å². The summed E-state index contributed by atoms with van der Waals surface area (Å²) in [6.07, 6.45) is 2.08. The average Bonchev–Trinajstić information content (AvgIpc) is 2.29. The van der Waals surface area contributed by atoms with Gasteiger partial charge in [-0.2, -0.15) is 11.8 Å². The molecule has 0 spiro atoms. The predicted molar refractivity (Wildman–Crippen MR) is 77.6 cm³/mol. The zero-order chi connectivity index (χ0) is 12.3. The molecule has 2 unspecified atom stereocenters. The van der Waals surface area contributed by atoms with Gasteiger partial charge in [-0.1, -0.05) is 20.3 Å². The molecule has 17 heavy (non-hydrogen) atoms. The molecule has 0 aliphatic carbocycles. The van der Waals surface area contributed by atoms with Crippen molar-refractivity contribution < 1.29 is 0 Å². The van der Waals surface area contributed by atoms with Crippen LogP contribution in [0.2, 0.25) is 0 Å². The standard InChI is InChI=1S/C12H19N3S2/c1-3-4-9-7-10(13)15-12(14-9)11-8(2)16-5-6-17-11/h7-8,11H,3-6H2,1-2H3,(H2,13,14,15). The highest BCUT2D eigenvalue weighted by Crippen LogP contribution is 2.41. The van der Waals surface area contributed by atoms with Crippen molar-refractivity contribution in [3.8, 4) is 0 Å². The lowest BCUT2D eigenvalue weighted by Crippen LogP contribution is -2.19. The number of rotatable bonds is 3. The van der Waals surface area contributed by atoms with Gasteiger partial charge in [0.1, 0.15) is 11.6 Å². The van der Waals surface area contributed by atoms with Crippen LogP contribution in [0.15, 0.2) is 6.07 Å². The first-order chi connectivity index (χ1) is 8.20. The van der Waals surface area contributed by atoms with Gasteiger partial charge in [-0.05, 0) is 6.42 Å². The molecule has 2 heterocycles. The molecule has 1 aromatic heterocycles. The molecule has 0 bridgehead atoms. The number of thioether (sulfide) groups is 2. The Bertz CT molecular complexity index is 384. The van der Waals surface area contributed by atoms with Crippen molar-refractivity contribution >= 4 is 29.3 Å². The second-order valence-corrected chi connectivity index (χ2v) is 6.99. The zero-order valence-electron chi connectivity index (χ0n) is 10.3. The van der Waals surface area contributed by atoms with E-state index in [1.807, 2.05) is 29.6 Å². The fraction of sp³-hybridized carbons (Fsp3) is 0.667. The van der Waals surface area contributed by atoms with Gasteiger partial charge >= 0.3 is 0 Å². The van der Waals surface area contributed by atoms with Gasteiger partial charge in [0.25, 0.3) is 0 Å². The quantitative estimate of drug-likeness (QED) is 0.914. The Morgan fingerprint density at radius 3 is 2.82 bits per heavy atom. The largest absolute Gasteiger partial charge is 0.384 e. The van der Waals surface area contributed by atoms with E-state index in [1.54, 1.807) is 0 Å². The van der Waals surface area contributed by atoms with Crippen molar-refractivity contribution in [2.75, 3.05) is 17.2 Å². The van der Waals surface area contributed by atoms with Gasteiger partial charge in [0.05, 0.1) is 5.25 Å². The Kier molecular flexibility index (Phi) is 4.56. The number of nitrogens with zero attached hydrogens (tertiary/aromatic N) is 2. The molecule has 94 valence electrons. The van der Waals surface area contributed by atoms with Gasteiger partial charge in [-0.15, -0.1) is 11.8 Å². The van der Waals surface area contributed by atoms with Crippen LogP contribution in [0, 0.1) is 0 Å². The first kappa shape index (κ1) is 13.0. The SMILES string of the molecule is CCCc1cc(N)nc(C2SCCSC2C)n1. The second kappa shape index (κ2) is 5.96. The molecule has 1 aliphatic heterocycles. The Balaban J connectivity index is 2.24. The zero-order valence-corrected chi connectivity index (χ0v) is 12.0. The highest BCUT2D eigenvalue weighted by molar-refractivity contribution is 8.06. The Morgan fingerprint density at radius 2 is 2.12 bits per heavy atom. The number of anilines is 1. The van der Waals surface area contributed by atoms with Crippen molar-refractivity contribution in [2.24, 2.45) is 0 Å². The molecule has 2 atom stereocenters. The van der Waals surface area contributed by atoms with E-state index in [9.17, 15) is 0 Å². The minimum Gasteiger partial charge on any atom is -0.384 e. The Morgan fingerprint density at radius 1 is 1.35 bits per heavy atom. The maximum absolute atomic E-state index is 5.87. The van der Waals surface area contributed by atoms with Gasteiger partial charge in [-0.3, -0.25) is 0 Å². The molecule has 1 aliphatic rings. The van der Waals surface area contributed by atoms with E-state index < -0.39 is 0 Å². The molecule has 1 saturated heterocycles. The molecule has 0 aromatic carbocycles. The van der Waals surface area contributed by atoms with Gasteiger partial charge in [-0.25, -0.2) is 9.97 Å². The Hall–Kier alpha value is -0.420. The molecule has 1 aromatic rings. The minimum absolute atomic E-state index is 0.396. The molecule has 2 rings (SSSR count). The summed E-state index contributed by atoms with van der Waals surface area (Å²) < 4.78 is 0. The maximum atomic E-state index is 5.87. The lowest BCUT2D eigenvalue weighted by molar-refractivity contribution is 0.789. The molecule has 2 N–H and O–H groups in total. The smallest absolute Gasteiger partial charge is 0.145 e. The number of aromatic nitrogens is 2. The van der Waals surface area contributed by atoms with E-state index >= 15 is 0 Å². The summed E-state index contributed by atoms with van der Waals surface area (Å²) in [4.78, 5) is 9.09. The Labute approximate surface area is 111 Å². The van der Waals surface area contributed by atoms with Crippen LogP contribution in [0.3, 0.4) is 0 Å². The van der Waals surface area contributed by atoms with Crippen molar-refractivity contribution in [2.45, 2.75) is 37.2 Å². The van der Waals surface area contributed by atoms with E-state index in [0.717, 1.165) is 24.4 Å². The van der Waals surface area contributed by atoms with Crippen LogP contribution in [-0.2, 0) is 6.42 Å². The van der Waals surface area contributed by atoms with Gasteiger partial charge in [0, 0.05) is 28.5 Å². The first-order valence-electron chi connectivity index (χ1n) is 6.07. The summed E-state index contributed by atoms with van der Waals surface area (Å²) in [5.41, 5.74) is 6.96. The predicted octanol–water partition coefficient (Wildman–Crippen LogP) is 2.92. The summed E-state index contributed by atoms with van der Waals surface area (Å²) >= 11 is 3.96. The summed E-state index contributed by atoms with van der Waals surface area (Å²) in [7, 11) is 0. The monoisotopic (exact) mass is 269 g/mol. The van der Waals surface area contributed by atoms with Crippen LogP contribution in [0.5, 0.6) is 0 Å². The van der Waals surface area contributed by atoms with Gasteiger partial charge in [0.2, 0.25) is 0 Å². The van der Waals surface area contributed by atoms with Crippen LogP contribution in [-0.4, -0.2) is 26.7 Å². The number of nitrogen functional groups attached to an aromatic ring is 1. The van der Waals surface area contributed by atoms with E-state index in [-0.39, 0.29) is 0 Å². The maximum Gasteiger partial charge on any atom is 0.145 e. The van der Waals surface area contributed by atoms with E-state index in [0.29, 0.717) is 16.3 Å². The van der Waals surface area contributed by atoms with Crippen LogP contribution >= 0.6 is 23.5 Å². The number of aryl methyl sites for hydroxylation is 1. The molecular formula is C12H19N3S2. The lowest BCUT2D eigenvalue weighted by Gasteiger charge is -2.26. The second-order valence-electron chi connectivity index (χ2n) is 4.26. The fourth-order valence-electron chi connectivity index (χ4n) is 1.97. The van der Waals surface area contributed by atoms with Crippen LogP contribution in [0.1, 0.15) is 37.0 Å². The highest BCUT2D eigenvalue weighted by Gasteiger charge is 2.26. The normalized spacial score (nSPS) is 24.8. The first-order valence-corrected chi connectivity index (χ1v) is 8.17. The van der Waals surface area contributed by atoms with Crippen molar-refractivity contribution in [3.05, 3.63) is 17.6 Å². The highest BCUT2D eigenvalue weighted by atomic mass is 32.2. The van der Waals surface area contributed by atoms with E-state index in [2.05, 4.69) is 23.8 Å². The number of nitrogens with two attached hydrogens (primary N) is 1. The third-order valence-electron chi connectivity index (χ3n) is 2.76. The summed E-state index contributed by atoms with van der Waals surface area (Å²) in [5, 5.41) is 0.970. The van der Waals surface area contributed by atoms with Crippen LogP contribution < -0.4 is 5.73 Å². The average molecular weight is 269 g/mol. The van der Waals surface area contributed by atoms with E-state index in [4.69, 9.17) is 5.73 Å². The van der Waals surface area contributed by atoms with Crippen molar-refractivity contribution in [1.82, 2.24) is 9.97 Å². The van der Waals surface area contributed by atoms with E-state index in [1.165, 1.54) is 11.5 Å². The molecule has 0 radical (unpaired) electrons. The van der Waals surface area contributed by atoms with Gasteiger partial charge in [0.15, 0.2) is 0 Å². The third kappa shape index (κ3) is 3.28. The molecule has 1 fully saturated rings. The third-order valence-corrected chi connectivity index (χ3v) is 5.85. The van der Waals surface area contributed by atoms with Crippen LogP contribution in [0.4, 0.5) is 5.82 Å². The summed E-state index contributed by atoms with van der Waals surface area (Å²) in [6, 6.07) is 1.90. The summed E-state index contributed by atoms with van der Waals surface area (Å²) in [5.74, 6) is 3.95. The number of hydrogen-bond donors (Lipinski definition) is 1. The van der Waals surface area contributed by atoms with Crippen molar-refractivity contribution in [3.63, 3.8) is 0 Å².